The maximum absolute atomic E-state index is 10.7. The summed E-state index contributed by atoms with van der Waals surface area (Å²) < 4.78 is 0. The molecule has 0 aliphatic rings. The summed E-state index contributed by atoms with van der Waals surface area (Å²) in [5, 5.41) is 8.79. The number of aliphatic carboxylic acids is 1. The smallest absolute Gasteiger partial charge is 0.305 e. The molecule has 4 nitrogen and oxygen atoms in total. The largest absolute Gasteiger partial charge is 0.481 e. The van der Waals surface area contributed by atoms with E-state index in [0.29, 0.717) is 6.54 Å². The molecule has 0 spiro atoms. The maximum atomic E-state index is 10.7. The Morgan fingerprint density at radius 3 is 2.33 bits per heavy atom. The SMILES string of the molecule is CN(C)CCCN(CCC(=O)O)c1ccccc1. The number of rotatable bonds is 8. The van der Waals surface area contributed by atoms with Gasteiger partial charge in [0.1, 0.15) is 0 Å². The van der Waals surface area contributed by atoms with Crippen LogP contribution in [0.4, 0.5) is 5.69 Å². The second-order valence-electron chi connectivity index (χ2n) is 4.62. The van der Waals surface area contributed by atoms with E-state index < -0.39 is 5.97 Å². The number of para-hydroxylation sites is 1. The van der Waals surface area contributed by atoms with E-state index in [4.69, 9.17) is 5.11 Å². The lowest BCUT2D eigenvalue weighted by molar-refractivity contribution is -0.136. The van der Waals surface area contributed by atoms with Gasteiger partial charge in [0.15, 0.2) is 0 Å². The standard InChI is InChI=1S/C14H22N2O2/c1-15(2)10-6-11-16(12-9-14(17)18)13-7-4-3-5-8-13/h3-5,7-8H,6,9-12H2,1-2H3,(H,17,18). The normalized spacial score (nSPS) is 10.6. The Kier molecular flexibility index (Phi) is 6.22. The van der Waals surface area contributed by atoms with Crippen LogP contribution in [0.3, 0.4) is 0 Å². The van der Waals surface area contributed by atoms with Crippen molar-refractivity contribution in [2.24, 2.45) is 0 Å². The molecule has 0 aliphatic heterocycles. The molecule has 0 fully saturated rings. The third kappa shape index (κ3) is 5.68. The molecule has 0 saturated carbocycles. The molecule has 18 heavy (non-hydrogen) atoms. The highest BCUT2D eigenvalue weighted by Crippen LogP contribution is 2.14. The molecule has 0 unspecified atom stereocenters. The van der Waals surface area contributed by atoms with Gasteiger partial charge in [-0.3, -0.25) is 4.79 Å². The van der Waals surface area contributed by atoms with E-state index in [9.17, 15) is 4.79 Å². The van der Waals surface area contributed by atoms with Crippen LogP contribution in [0.15, 0.2) is 30.3 Å². The summed E-state index contributed by atoms with van der Waals surface area (Å²) in [7, 11) is 4.09. The van der Waals surface area contributed by atoms with Crippen molar-refractivity contribution in [1.29, 1.82) is 0 Å². The topological polar surface area (TPSA) is 43.8 Å². The first-order valence-electron chi connectivity index (χ1n) is 6.26. The molecule has 0 radical (unpaired) electrons. The van der Waals surface area contributed by atoms with E-state index in [-0.39, 0.29) is 6.42 Å². The highest BCUT2D eigenvalue weighted by atomic mass is 16.4. The lowest BCUT2D eigenvalue weighted by atomic mass is 10.2. The van der Waals surface area contributed by atoms with Crippen LogP contribution in [0.25, 0.3) is 0 Å². The van der Waals surface area contributed by atoms with Crippen LogP contribution in [0, 0.1) is 0 Å². The van der Waals surface area contributed by atoms with Gasteiger partial charge in [-0.15, -0.1) is 0 Å². The summed E-state index contributed by atoms with van der Waals surface area (Å²) in [6.45, 7) is 2.46. The zero-order valence-electron chi connectivity index (χ0n) is 11.2. The van der Waals surface area contributed by atoms with Crippen LogP contribution >= 0.6 is 0 Å². The second kappa shape index (κ2) is 7.71. The fourth-order valence-corrected chi connectivity index (χ4v) is 1.82. The fourth-order valence-electron chi connectivity index (χ4n) is 1.82. The van der Waals surface area contributed by atoms with Crippen molar-refractivity contribution in [2.75, 3.05) is 38.6 Å². The molecule has 100 valence electrons. The van der Waals surface area contributed by atoms with Crippen molar-refractivity contribution in [3.63, 3.8) is 0 Å². The lowest BCUT2D eigenvalue weighted by Crippen LogP contribution is -2.29. The Bertz CT molecular complexity index is 352. The monoisotopic (exact) mass is 250 g/mol. The van der Waals surface area contributed by atoms with E-state index in [1.54, 1.807) is 0 Å². The molecule has 1 N–H and O–H groups in total. The van der Waals surface area contributed by atoms with Crippen molar-refractivity contribution < 1.29 is 9.90 Å². The maximum Gasteiger partial charge on any atom is 0.305 e. The highest BCUT2D eigenvalue weighted by molar-refractivity contribution is 5.67. The molecule has 4 heteroatoms. The Morgan fingerprint density at radius 1 is 1.11 bits per heavy atom. The fraction of sp³-hybridized carbons (Fsp3) is 0.500. The summed E-state index contributed by atoms with van der Waals surface area (Å²) in [4.78, 5) is 15.0. The minimum atomic E-state index is -0.747. The Balaban J connectivity index is 2.55. The van der Waals surface area contributed by atoms with Gasteiger partial charge >= 0.3 is 5.97 Å². The zero-order chi connectivity index (χ0) is 13.4. The highest BCUT2D eigenvalue weighted by Gasteiger charge is 2.08. The van der Waals surface area contributed by atoms with Gasteiger partial charge in [0.2, 0.25) is 0 Å². The van der Waals surface area contributed by atoms with Crippen LogP contribution in [0.1, 0.15) is 12.8 Å². The first-order valence-corrected chi connectivity index (χ1v) is 6.26. The van der Waals surface area contributed by atoms with E-state index >= 15 is 0 Å². The number of carbonyl (C=O) groups is 1. The minimum absolute atomic E-state index is 0.177. The zero-order valence-corrected chi connectivity index (χ0v) is 11.2. The first kappa shape index (κ1) is 14.5. The average Bonchev–Trinajstić information content (AvgIpc) is 2.34. The van der Waals surface area contributed by atoms with Gasteiger partial charge in [-0.2, -0.15) is 0 Å². The molecule has 0 amide bonds. The number of hydrogen-bond acceptors (Lipinski definition) is 3. The predicted octanol–water partition coefficient (Wildman–Crippen LogP) is 1.92. The Morgan fingerprint density at radius 2 is 1.78 bits per heavy atom. The number of carboxylic acids is 1. The summed E-state index contributed by atoms with van der Waals surface area (Å²) in [5.41, 5.74) is 1.09. The molecule has 1 aromatic carbocycles. The predicted molar refractivity (Wildman–Crippen MR) is 74.1 cm³/mol. The Labute approximate surface area is 109 Å². The summed E-state index contributed by atoms with van der Waals surface area (Å²) in [5.74, 6) is -0.747. The molecule has 0 aliphatic carbocycles. The number of carboxylic acid groups (broad SMARTS) is 1. The lowest BCUT2D eigenvalue weighted by Gasteiger charge is -2.25. The molecule has 0 atom stereocenters. The van der Waals surface area contributed by atoms with E-state index in [2.05, 4.69) is 9.80 Å². The van der Waals surface area contributed by atoms with Gasteiger partial charge in [0.05, 0.1) is 6.42 Å². The molecule has 0 bridgehead atoms. The van der Waals surface area contributed by atoms with Gasteiger partial charge in [0.25, 0.3) is 0 Å². The average molecular weight is 250 g/mol. The van der Waals surface area contributed by atoms with E-state index in [1.807, 2.05) is 44.4 Å². The Hall–Kier alpha value is -1.55. The molecular formula is C14H22N2O2. The first-order chi connectivity index (χ1) is 8.59. The van der Waals surface area contributed by atoms with Crippen LogP contribution in [0.2, 0.25) is 0 Å². The summed E-state index contributed by atoms with van der Waals surface area (Å²) >= 11 is 0. The number of benzene rings is 1. The molecule has 0 aromatic heterocycles. The van der Waals surface area contributed by atoms with Crippen LogP contribution < -0.4 is 4.90 Å². The van der Waals surface area contributed by atoms with Crippen molar-refractivity contribution in [3.8, 4) is 0 Å². The van der Waals surface area contributed by atoms with Crippen molar-refractivity contribution >= 4 is 11.7 Å². The number of hydrogen-bond donors (Lipinski definition) is 1. The van der Waals surface area contributed by atoms with Crippen molar-refractivity contribution in [1.82, 2.24) is 4.90 Å². The third-order valence-electron chi connectivity index (χ3n) is 2.75. The van der Waals surface area contributed by atoms with Gasteiger partial charge in [-0.25, -0.2) is 0 Å². The minimum Gasteiger partial charge on any atom is -0.481 e. The number of anilines is 1. The molecule has 1 aromatic rings. The van der Waals surface area contributed by atoms with Crippen molar-refractivity contribution in [2.45, 2.75) is 12.8 Å². The van der Waals surface area contributed by atoms with Crippen LogP contribution in [0.5, 0.6) is 0 Å². The van der Waals surface area contributed by atoms with Crippen molar-refractivity contribution in [3.05, 3.63) is 30.3 Å². The van der Waals surface area contributed by atoms with Gasteiger partial charge in [-0.1, -0.05) is 18.2 Å². The number of nitrogens with zero attached hydrogens (tertiary/aromatic N) is 2. The van der Waals surface area contributed by atoms with Crippen LogP contribution in [-0.2, 0) is 4.79 Å². The van der Waals surface area contributed by atoms with E-state index in [0.717, 1.165) is 25.2 Å². The summed E-state index contributed by atoms with van der Waals surface area (Å²) in [6, 6.07) is 9.98. The van der Waals surface area contributed by atoms with E-state index in [1.165, 1.54) is 0 Å². The van der Waals surface area contributed by atoms with Gasteiger partial charge < -0.3 is 14.9 Å². The second-order valence-corrected chi connectivity index (χ2v) is 4.62. The molecule has 1 rings (SSSR count). The quantitative estimate of drug-likeness (QED) is 0.765. The molecular weight excluding hydrogens is 228 g/mol. The molecule has 0 heterocycles. The third-order valence-corrected chi connectivity index (χ3v) is 2.75. The molecule has 0 saturated heterocycles. The van der Waals surface area contributed by atoms with Gasteiger partial charge in [0, 0.05) is 18.8 Å². The van der Waals surface area contributed by atoms with Crippen LogP contribution in [-0.4, -0.2) is 49.7 Å². The van der Waals surface area contributed by atoms with Gasteiger partial charge in [-0.05, 0) is 39.2 Å². The summed E-state index contributed by atoms with van der Waals surface area (Å²) in [6.07, 6.45) is 1.21.